The number of benzene rings is 1. The van der Waals surface area contributed by atoms with Crippen molar-refractivity contribution in [2.75, 3.05) is 5.73 Å². The van der Waals surface area contributed by atoms with Gasteiger partial charge in [0.2, 0.25) is 0 Å². The summed E-state index contributed by atoms with van der Waals surface area (Å²) in [7, 11) is 0. The molecule has 1 aromatic rings. The topological polar surface area (TPSA) is 35.2 Å². The Bertz CT molecular complexity index is 356. The molecule has 0 saturated heterocycles. The molecular weight excluding hydrogens is 286 g/mol. The van der Waals surface area contributed by atoms with E-state index in [1.54, 1.807) is 0 Å². The fourth-order valence-corrected chi connectivity index (χ4v) is 1.29. The molecule has 78 valence electrons. The Labute approximate surface area is 90.9 Å². The van der Waals surface area contributed by atoms with Gasteiger partial charge in [-0.15, -0.1) is 13.2 Å². The number of halogens is 5. The molecule has 0 spiro atoms. The molecule has 7 heteroatoms. The highest BCUT2D eigenvalue weighted by molar-refractivity contribution is 9.10. The lowest BCUT2D eigenvalue weighted by Crippen LogP contribution is -2.18. The van der Waals surface area contributed by atoms with Crippen LogP contribution in [0.1, 0.15) is 0 Å². The molecule has 0 aliphatic carbocycles. The summed E-state index contributed by atoms with van der Waals surface area (Å²) < 4.78 is 39.6. The summed E-state index contributed by atoms with van der Waals surface area (Å²) in [5, 5.41) is -0.206. The zero-order chi connectivity index (χ0) is 10.9. The van der Waals surface area contributed by atoms with Crippen molar-refractivity contribution in [3.8, 4) is 5.75 Å². The molecule has 0 aliphatic rings. The van der Waals surface area contributed by atoms with Crippen LogP contribution in [-0.4, -0.2) is 6.36 Å². The molecule has 0 unspecified atom stereocenters. The average Bonchev–Trinajstić information content (AvgIpc) is 2.04. The number of rotatable bonds is 1. The molecule has 0 aromatic heterocycles. The van der Waals surface area contributed by atoms with Crippen LogP contribution in [0.5, 0.6) is 5.75 Å². The van der Waals surface area contributed by atoms with E-state index < -0.39 is 12.1 Å². The number of nitrogens with two attached hydrogens (primary N) is 1. The second-order valence-corrected chi connectivity index (χ2v) is 3.56. The van der Waals surface area contributed by atoms with Gasteiger partial charge in [-0.05, 0) is 28.1 Å². The first-order valence-electron chi connectivity index (χ1n) is 3.30. The average molecular weight is 290 g/mol. The van der Waals surface area contributed by atoms with Crippen molar-refractivity contribution in [3.63, 3.8) is 0 Å². The van der Waals surface area contributed by atoms with E-state index in [0.717, 1.165) is 0 Å². The van der Waals surface area contributed by atoms with Crippen molar-refractivity contribution >= 4 is 33.2 Å². The minimum Gasteiger partial charge on any atom is -0.402 e. The number of hydrogen-bond donors (Lipinski definition) is 1. The molecule has 0 aliphatic heterocycles. The third-order valence-electron chi connectivity index (χ3n) is 1.30. The van der Waals surface area contributed by atoms with Crippen molar-refractivity contribution in [2.24, 2.45) is 0 Å². The van der Waals surface area contributed by atoms with E-state index in [1.807, 2.05) is 0 Å². The van der Waals surface area contributed by atoms with Gasteiger partial charge in [0, 0.05) is 4.47 Å². The molecule has 0 saturated carbocycles. The number of alkyl halides is 3. The third kappa shape index (κ3) is 2.68. The maximum atomic E-state index is 11.9. The maximum absolute atomic E-state index is 11.9. The first kappa shape index (κ1) is 11.5. The summed E-state index contributed by atoms with van der Waals surface area (Å²) in [6.07, 6.45) is -4.81. The molecule has 0 fully saturated rings. The summed E-state index contributed by atoms with van der Waals surface area (Å²) in [5.41, 5.74) is 5.10. The second kappa shape index (κ2) is 3.86. The zero-order valence-electron chi connectivity index (χ0n) is 6.53. The van der Waals surface area contributed by atoms with Gasteiger partial charge in [0.05, 0.1) is 10.7 Å². The van der Waals surface area contributed by atoms with E-state index in [1.165, 1.54) is 12.1 Å². The third-order valence-corrected chi connectivity index (χ3v) is 2.56. The Hall–Kier alpha value is -0.620. The van der Waals surface area contributed by atoms with Crippen molar-refractivity contribution in [2.45, 2.75) is 6.36 Å². The molecule has 14 heavy (non-hydrogen) atoms. The Morgan fingerprint density at radius 3 is 2.43 bits per heavy atom. The number of ether oxygens (including phenoxy) is 1. The lowest BCUT2D eigenvalue weighted by molar-refractivity contribution is -0.274. The van der Waals surface area contributed by atoms with Crippen molar-refractivity contribution in [3.05, 3.63) is 21.6 Å². The predicted molar refractivity (Wildman–Crippen MR) is 50.2 cm³/mol. The van der Waals surface area contributed by atoms with E-state index in [0.29, 0.717) is 0 Å². The Balaban J connectivity index is 3.13. The SMILES string of the molecule is Nc1ccc(Br)c(Cl)c1OC(F)(F)F. The van der Waals surface area contributed by atoms with Crippen LogP contribution < -0.4 is 10.5 Å². The Kier molecular flexibility index (Phi) is 3.16. The summed E-state index contributed by atoms with van der Waals surface area (Å²) in [5.74, 6) is -0.589. The second-order valence-electron chi connectivity index (χ2n) is 2.33. The molecule has 1 rings (SSSR count). The molecule has 0 heterocycles. The Morgan fingerprint density at radius 1 is 1.36 bits per heavy atom. The summed E-state index contributed by atoms with van der Waals surface area (Å²) in [6, 6.07) is 2.69. The minimum atomic E-state index is -4.81. The van der Waals surface area contributed by atoms with E-state index in [4.69, 9.17) is 17.3 Å². The van der Waals surface area contributed by atoms with Gasteiger partial charge in [0.15, 0.2) is 5.75 Å². The minimum absolute atomic E-state index is 0.171. The lowest BCUT2D eigenvalue weighted by Gasteiger charge is -2.13. The van der Waals surface area contributed by atoms with Gasteiger partial charge in [0.1, 0.15) is 0 Å². The normalized spacial score (nSPS) is 11.5. The summed E-state index contributed by atoms with van der Waals surface area (Å²) >= 11 is 8.51. The summed E-state index contributed by atoms with van der Waals surface area (Å²) in [6.45, 7) is 0. The number of hydrogen-bond acceptors (Lipinski definition) is 2. The highest BCUT2D eigenvalue weighted by atomic mass is 79.9. The van der Waals surface area contributed by atoms with Crippen molar-refractivity contribution < 1.29 is 17.9 Å². The van der Waals surface area contributed by atoms with E-state index in [9.17, 15) is 13.2 Å². The van der Waals surface area contributed by atoms with Crippen molar-refractivity contribution in [1.29, 1.82) is 0 Å². The van der Waals surface area contributed by atoms with Crippen LogP contribution >= 0.6 is 27.5 Å². The zero-order valence-corrected chi connectivity index (χ0v) is 8.87. The molecule has 2 nitrogen and oxygen atoms in total. The lowest BCUT2D eigenvalue weighted by atomic mass is 10.3. The van der Waals surface area contributed by atoms with Crippen LogP contribution in [-0.2, 0) is 0 Å². The van der Waals surface area contributed by atoms with Gasteiger partial charge in [-0.2, -0.15) is 0 Å². The molecule has 0 amide bonds. The van der Waals surface area contributed by atoms with E-state index in [2.05, 4.69) is 20.7 Å². The van der Waals surface area contributed by atoms with Crippen LogP contribution in [0, 0.1) is 0 Å². The molecular formula is C7H4BrClF3NO. The van der Waals surface area contributed by atoms with Crippen molar-refractivity contribution in [1.82, 2.24) is 0 Å². The van der Waals surface area contributed by atoms with Gasteiger partial charge in [-0.1, -0.05) is 11.6 Å². The maximum Gasteiger partial charge on any atom is 0.573 e. The predicted octanol–water partition coefficient (Wildman–Crippen LogP) is 3.58. The fourth-order valence-electron chi connectivity index (χ4n) is 0.766. The fraction of sp³-hybridized carbons (Fsp3) is 0.143. The summed E-state index contributed by atoms with van der Waals surface area (Å²) in [4.78, 5) is 0. The smallest absolute Gasteiger partial charge is 0.402 e. The van der Waals surface area contributed by atoms with Gasteiger partial charge in [-0.3, -0.25) is 0 Å². The Morgan fingerprint density at radius 2 is 1.93 bits per heavy atom. The molecule has 0 atom stereocenters. The molecule has 1 aromatic carbocycles. The van der Waals surface area contributed by atoms with Crippen LogP contribution in [0.15, 0.2) is 16.6 Å². The number of anilines is 1. The first-order chi connectivity index (χ1) is 6.31. The van der Waals surface area contributed by atoms with Gasteiger partial charge >= 0.3 is 6.36 Å². The van der Waals surface area contributed by atoms with Crippen LogP contribution in [0.2, 0.25) is 5.02 Å². The van der Waals surface area contributed by atoms with Crippen LogP contribution in [0.3, 0.4) is 0 Å². The quantitative estimate of drug-likeness (QED) is 0.802. The highest BCUT2D eigenvalue weighted by Gasteiger charge is 2.33. The van der Waals surface area contributed by atoms with E-state index in [-0.39, 0.29) is 15.2 Å². The van der Waals surface area contributed by atoms with Crippen LogP contribution in [0.4, 0.5) is 18.9 Å². The number of nitrogen functional groups attached to an aromatic ring is 1. The molecule has 2 N–H and O–H groups in total. The standard InChI is InChI=1S/C7H4BrClF3NO/c8-3-1-2-4(13)6(5(3)9)14-7(10,11)12/h1-2H,13H2. The van der Waals surface area contributed by atoms with E-state index >= 15 is 0 Å². The molecule has 0 bridgehead atoms. The van der Waals surface area contributed by atoms with Crippen LogP contribution in [0.25, 0.3) is 0 Å². The monoisotopic (exact) mass is 289 g/mol. The van der Waals surface area contributed by atoms with Gasteiger partial charge in [-0.25, -0.2) is 0 Å². The van der Waals surface area contributed by atoms with Gasteiger partial charge in [0.25, 0.3) is 0 Å². The van der Waals surface area contributed by atoms with Gasteiger partial charge < -0.3 is 10.5 Å². The highest BCUT2D eigenvalue weighted by Crippen LogP contribution is 2.39. The molecule has 0 radical (unpaired) electrons. The largest absolute Gasteiger partial charge is 0.573 e. The first-order valence-corrected chi connectivity index (χ1v) is 4.47.